The van der Waals surface area contributed by atoms with Crippen LogP contribution < -0.4 is 71.5 Å². The summed E-state index contributed by atoms with van der Waals surface area (Å²) in [6, 6.07) is 0. The largest absolute Gasteiger partial charge is 1.00 e. The molecule has 0 aliphatic heterocycles. The fourth-order valence-corrected chi connectivity index (χ4v) is 2.33. The van der Waals surface area contributed by atoms with Gasteiger partial charge in [-0.2, -0.15) is 51.7 Å². The van der Waals surface area contributed by atoms with Crippen LogP contribution in [-0.2, 0) is 29.8 Å². The Morgan fingerprint density at radius 1 is 0.811 bits per heavy atom. The molecule has 0 aliphatic rings. The molecular weight excluding hydrogens is 860 g/mol. The van der Waals surface area contributed by atoms with Crippen molar-refractivity contribution in [3.8, 4) is 0 Å². The van der Waals surface area contributed by atoms with Crippen LogP contribution >= 0.6 is 79.6 Å². The van der Waals surface area contributed by atoms with Crippen LogP contribution in [0.15, 0.2) is 0 Å². The molecule has 0 spiro atoms. The zero-order valence-corrected chi connectivity index (χ0v) is 35.8. The van der Waals surface area contributed by atoms with E-state index in [-0.39, 0.29) is 101 Å². The van der Waals surface area contributed by atoms with Crippen molar-refractivity contribution >= 4 is 121 Å². The molecule has 0 aromatic rings. The van der Waals surface area contributed by atoms with Crippen LogP contribution in [0.3, 0.4) is 0 Å². The molecule has 0 aromatic carbocycles. The first kappa shape index (κ1) is 64.0. The van der Waals surface area contributed by atoms with Crippen LogP contribution in [0.4, 0.5) is 0 Å². The topological polar surface area (TPSA) is 149 Å². The van der Waals surface area contributed by atoms with E-state index in [4.69, 9.17) is 39.6 Å². The molecule has 216 valence electrons. The van der Waals surface area contributed by atoms with Crippen molar-refractivity contribution in [2.75, 3.05) is 22.7 Å². The van der Waals surface area contributed by atoms with Gasteiger partial charge in [0.2, 0.25) is 9.14 Å². The molecule has 0 rings (SSSR count). The summed E-state index contributed by atoms with van der Waals surface area (Å²) in [7, 11) is -8.09. The molecule has 0 fully saturated rings. The Balaban J connectivity index is -0.0000000388. The Morgan fingerprint density at radius 2 is 1.03 bits per heavy atom. The number of carbonyl (C=O) groups excluding carboxylic acids is 2. The molecule has 0 atom stereocenters. The number of unbranched alkanes of at least 4 members (excludes halogenated alkanes) is 2. The molecule has 0 aliphatic carbocycles. The standard InChI is InChI=1S/C6H12O4S.C4H9ClO3S.2C2H6BI.C2H3O.CH2Cl2.ClH.2Na/c1-6(7)4-2-3-5-11(8,9)10;5-3-1-2-4-9(6,7)8;2*1-3(2)4;1-2-3;2-1-3;;;/h2-5H2,1H3,(H,8,9,10);1-4H2,(H,6,7,8);2*1-2H3;1H3;1H2;1H;;/q;;;;-1;;;2*+1/p-3. The van der Waals surface area contributed by atoms with Gasteiger partial charge in [-0.25, -0.2) is 16.8 Å². The van der Waals surface area contributed by atoms with Crippen molar-refractivity contribution in [1.29, 1.82) is 0 Å². The smallest absolute Gasteiger partial charge is 1.00 e. The van der Waals surface area contributed by atoms with Crippen molar-refractivity contribution in [2.24, 2.45) is 0 Å². The zero-order valence-electron chi connectivity index (χ0n) is 22.9. The maximum absolute atomic E-state index is 10.3. The van der Waals surface area contributed by atoms with Crippen LogP contribution in [0.2, 0.25) is 27.3 Å². The van der Waals surface area contributed by atoms with Gasteiger partial charge in [-0.1, -0.05) is 27.3 Å². The predicted octanol–water partition coefficient (Wildman–Crippen LogP) is -3.26. The molecule has 0 saturated carbocycles. The second-order valence-electron chi connectivity index (χ2n) is 6.41. The van der Waals surface area contributed by atoms with Crippen LogP contribution in [0, 0.1) is 0 Å². The summed E-state index contributed by atoms with van der Waals surface area (Å²) in [4.78, 5) is 19.0. The normalized spacial score (nSPS) is 8.57. The minimum absolute atomic E-state index is 0. The van der Waals surface area contributed by atoms with E-state index in [9.17, 15) is 30.7 Å². The van der Waals surface area contributed by atoms with Crippen molar-refractivity contribution in [3.63, 3.8) is 0 Å². The van der Waals surface area contributed by atoms with Gasteiger partial charge in [0.25, 0.3) is 0 Å². The van der Waals surface area contributed by atoms with E-state index < -0.39 is 20.2 Å². The van der Waals surface area contributed by atoms with Gasteiger partial charge in [-0.05, 0) is 32.6 Å². The van der Waals surface area contributed by atoms with Crippen molar-refractivity contribution in [2.45, 2.75) is 73.2 Å². The monoisotopic (exact) mass is 894 g/mol. The summed E-state index contributed by atoms with van der Waals surface area (Å²) in [6.45, 7) is 11.4. The molecule has 0 bridgehead atoms. The SMILES string of the molecule is CB(C)I.CB(C)I.CC(=O)CCCCS(=O)(=O)[O-].C[C-]=O.ClCCl.O=S(=O)([O-])CCCCCl.[Cl-].[Na+].[Na+]. The third kappa shape index (κ3) is 179. The summed E-state index contributed by atoms with van der Waals surface area (Å²) < 4.78 is 61.4. The van der Waals surface area contributed by atoms with Crippen LogP contribution in [0.25, 0.3) is 0 Å². The van der Waals surface area contributed by atoms with Crippen molar-refractivity contribution in [3.05, 3.63) is 0 Å². The van der Waals surface area contributed by atoms with Gasteiger partial charge >= 0.3 is 59.1 Å². The summed E-state index contributed by atoms with van der Waals surface area (Å²) >= 11 is 19.4. The van der Waals surface area contributed by atoms with Crippen LogP contribution in [0.1, 0.15) is 46.0 Å². The Hall–Kier alpha value is 3.91. The predicted molar refractivity (Wildman–Crippen MR) is 165 cm³/mol. The molecule has 20 heteroatoms. The minimum atomic E-state index is -4.08. The number of halogens is 6. The first-order valence-corrected chi connectivity index (χ1v) is 17.1. The molecule has 0 N–H and O–H groups in total. The van der Waals surface area contributed by atoms with Crippen molar-refractivity contribution < 1.29 is 107 Å². The van der Waals surface area contributed by atoms with E-state index in [2.05, 4.69) is 72.0 Å². The minimum Gasteiger partial charge on any atom is -1.00 e. The molecular formula is C17H36B2Cl4I2Na2O8S2-2. The van der Waals surface area contributed by atoms with Gasteiger partial charge in [0.05, 0.1) is 25.6 Å². The molecule has 0 heterocycles. The second-order valence-corrected chi connectivity index (χ2v) is 15.6. The van der Waals surface area contributed by atoms with Crippen molar-refractivity contribution in [1.82, 2.24) is 0 Å². The number of carbonyl (C=O) groups is 1. The molecule has 37 heavy (non-hydrogen) atoms. The quantitative estimate of drug-likeness (QED) is 0.0586. The van der Waals surface area contributed by atoms with E-state index in [1.165, 1.54) is 20.1 Å². The Morgan fingerprint density at radius 3 is 1.19 bits per heavy atom. The molecule has 0 unspecified atom stereocenters. The first-order valence-electron chi connectivity index (χ1n) is 9.89. The summed E-state index contributed by atoms with van der Waals surface area (Å²) in [6.07, 6.45) is 3.58. The number of ketones is 1. The Bertz CT molecular complexity index is 631. The van der Waals surface area contributed by atoms with E-state index in [1.54, 1.807) is 0 Å². The Kier molecular flexibility index (Phi) is 85.8. The summed E-state index contributed by atoms with van der Waals surface area (Å²) in [5.41, 5.74) is 0. The second kappa shape index (κ2) is 49.6. The number of rotatable bonds is 9. The average Bonchev–Trinajstić information content (AvgIpc) is 2.58. The maximum Gasteiger partial charge on any atom is 1.00 e. The van der Waals surface area contributed by atoms with Gasteiger partial charge in [0.1, 0.15) is 5.78 Å². The number of hydrogen-bond acceptors (Lipinski definition) is 8. The third-order valence-electron chi connectivity index (χ3n) is 1.95. The van der Waals surface area contributed by atoms with Gasteiger partial charge in [0, 0.05) is 23.8 Å². The fourth-order valence-electron chi connectivity index (χ4n) is 1.03. The first-order chi connectivity index (χ1) is 15.3. The third-order valence-corrected chi connectivity index (χ3v) is 3.80. The molecule has 8 nitrogen and oxygen atoms in total. The van der Waals surface area contributed by atoms with Gasteiger partial charge in [-0.15, -0.1) is 34.8 Å². The van der Waals surface area contributed by atoms with Crippen LogP contribution in [-0.4, -0.2) is 69.9 Å². The van der Waals surface area contributed by atoms with E-state index in [1.807, 2.05) is 0 Å². The van der Waals surface area contributed by atoms with Crippen LogP contribution in [0.5, 0.6) is 0 Å². The molecule has 0 amide bonds. The molecule has 0 radical (unpaired) electrons. The van der Waals surface area contributed by atoms with Gasteiger partial charge in [-0.3, -0.25) is 6.29 Å². The number of alkyl halides is 3. The summed E-state index contributed by atoms with van der Waals surface area (Å²) in [5.74, 6) is -0.219. The van der Waals surface area contributed by atoms with E-state index >= 15 is 0 Å². The average molecular weight is 896 g/mol. The summed E-state index contributed by atoms with van der Waals surface area (Å²) in [5, 5.41) is 0.194. The maximum atomic E-state index is 10.3. The van der Waals surface area contributed by atoms with E-state index in [0.717, 1.165) is 9.14 Å². The number of Topliss-reactive ketones (excluding diaryl/α,β-unsaturated/α-hetero) is 1. The molecule has 0 saturated heterocycles. The van der Waals surface area contributed by atoms with Gasteiger partial charge < -0.3 is 31.1 Å². The van der Waals surface area contributed by atoms with E-state index in [0.29, 0.717) is 31.6 Å². The zero-order chi connectivity index (χ0) is 28.8. The fraction of sp³-hybridized carbons (Fsp3) is 0.882. The molecule has 0 aromatic heterocycles. The Labute approximate surface area is 319 Å². The number of hydrogen-bond donors (Lipinski definition) is 0. The van der Waals surface area contributed by atoms with Gasteiger partial charge in [0.15, 0.2) is 0 Å².